The summed E-state index contributed by atoms with van der Waals surface area (Å²) in [6, 6.07) is 5.63. The molecule has 1 aromatic rings. The first-order valence-corrected chi connectivity index (χ1v) is 11.5. The third-order valence-corrected chi connectivity index (χ3v) is 10.1. The van der Waals surface area contributed by atoms with Crippen LogP contribution in [0.4, 0.5) is 0 Å². The van der Waals surface area contributed by atoms with Gasteiger partial charge in [-0.1, -0.05) is 50.0 Å². The van der Waals surface area contributed by atoms with Gasteiger partial charge in [-0.2, -0.15) is 0 Å². The lowest BCUT2D eigenvalue weighted by atomic mass is 9.92. The van der Waals surface area contributed by atoms with E-state index >= 15 is 0 Å². The highest BCUT2D eigenvalue weighted by molar-refractivity contribution is 6.74. The smallest absolute Gasteiger partial charge is 0.192 e. The van der Waals surface area contributed by atoms with Crippen LogP contribution in [0, 0.1) is 0 Å². The summed E-state index contributed by atoms with van der Waals surface area (Å²) in [5, 5.41) is 1.42. The molecule has 0 aliphatic heterocycles. The van der Waals surface area contributed by atoms with E-state index < -0.39 is 8.32 Å². The standard InChI is InChI=1S/C17H26Cl2O2Si/c1-17(2,3)22(4,5)21-14-9-13(10-14)20-11-12-6-7-15(18)16(19)8-12/h6-8,13-14H,9-11H2,1-5H3/t13-,14+. The van der Waals surface area contributed by atoms with Crippen LogP contribution in [-0.2, 0) is 15.8 Å². The maximum absolute atomic E-state index is 6.38. The van der Waals surface area contributed by atoms with Crippen LogP contribution < -0.4 is 0 Å². The van der Waals surface area contributed by atoms with Crippen molar-refractivity contribution in [2.45, 2.75) is 70.6 Å². The van der Waals surface area contributed by atoms with Crippen LogP contribution in [0.5, 0.6) is 0 Å². The van der Waals surface area contributed by atoms with Crippen molar-refractivity contribution in [1.29, 1.82) is 0 Å². The second-order valence-electron chi connectivity index (χ2n) is 7.65. The second kappa shape index (κ2) is 6.82. The Morgan fingerprint density at radius 1 is 1.09 bits per heavy atom. The van der Waals surface area contributed by atoms with Gasteiger partial charge in [-0.3, -0.25) is 0 Å². The maximum atomic E-state index is 6.38. The van der Waals surface area contributed by atoms with Crippen LogP contribution in [0.1, 0.15) is 39.2 Å². The molecule has 1 aromatic carbocycles. The number of rotatable bonds is 5. The molecule has 0 bridgehead atoms. The van der Waals surface area contributed by atoms with Crippen molar-refractivity contribution in [3.05, 3.63) is 33.8 Å². The summed E-state index contributed by atoms with van der Waals surface area (Å²) in [7, 11) is -1.66. The number of hydrogen-bond acceptors (Lipinski definition) is 2. The van der Waals surface area contributed by atoms with Crippen LogP contribution in [0.15, 0.2) is 18.2 Å². The van der Waals surface area contributed by atoms with E-state index in [1.54, 1.807) is 0 Å². The lowest BCUT2D eigenvalue weighted by molar-refractivity contribution is -0.0726. The molecule has 2 nitrogen and oxygen atoms in total. The largest absolute Gasteiger partial charge is 0.414 e. The Labute approximate surface area is 145 Å². The normalized spacial score (nSPS) is 22.5. The number of ether oxygens (including phenoxy) is 1. The summed E-state index contributed by atoms with van der Waals surface area (Å²) in [6.45, 7) is 12.0. The average molecular weight is 361 g/mol. The summed E-state index contributed by atoms with van der Waals surface area (Å²) in [5.41, 5.74) is 1.06. The van der Waals surface area contributed by atoms with E-state index in [0.717, 1.165) is 18.4 Å². The molecule has 0 radical (unpaired) electrons. The van der Waals surface area contributed by atoms with Crippen molar-refractivity contribution in [2.75, 3.05) is 0 Å². The molecule has 0 amide bonds. The molecule has 0 aromatic heterocycles. The Kier molecular flexibility index (Phi) is 5.66. The Balaban J connectivity index is 1.75. The van der Waals surface area contributed by atoms with Crippen molar-refractivity contribution < 1.29 is 9.16 Å². The van der Waals surface area contributed by atoms with E-state index in [1.807, 2.05) is 18.2 Å². The highest BCUT2D eigenvalue weighted by Gasteiger charge is 2.42. The van der Waals surface area contributed by atoms with Crippen LogP contribution in [0.25, 0.3) is 0 Å². The molecule has 0 unspecified atom stereocenters. The van der Waals surface area contributed by atoms with E-state index in [0.29, 0.717) is 28.9 Å². The van der Waals surface area contributed by atoms with Crippen molar-refractivity contribution in [2.24, 2.45) is 0 Å². The Bertz CT molecular complexity index is 520. The number of halogens is 2. The van der Waals surface area contributed by atoms with E-state index in [-0.39, 0.29) is 5.04 Å². The molecule has 5 heteroatoms. The molecule has 0 heterocycles. The van der Waals surface area contributed by atoms with E-state index in [2.05, 4.69) is 33.9 Å². The van der Waals surface area contributed by atoms with Gasteiger partial charge in [0.1, 0.15) is 0 Å². The SMILES string of the molecule is CC(C)(C)[Si](C)(C)O[C@H]1C[C@@H](OCc2ccc(Cl)c(Cl)c2)C1. The molecule has 0 spiro atoms. The molecule has 0 saturated heterocycles. The molecule has 1 fully saturated rings. The zero-order chi connectivity index (χ0) is 16.5. The first kappa shape index (κ1) is 18.3. The van der Waals surface area contributed by atoms with E-state index in [4.69, 9.17) is 32.4 Å². The summed E-state index contributed by atoms with van der Waals surface area (Å²) in [6.07, 6.45) is 2.64. The number of benzene rings is 1. The Hall–Kier alpha value is -0.0631. The lowest BCUT2D eigenvalue weighted by Crippen LogP contribution is -2.49. The summed E-state index contributed by atoms with van der Waals surface area (Å²) < 4.78 is 12.3. The van der Waals surface area contributed by atoms with Crippen LogP contribution in [-0.4, -0.2) is 20.5 Å². The van der Waals surface area contributed by atoms with Gasteiger partial charge in [0.15, 0.2) is 8.32 Å². The van der Waals surface area contributed by atoms with Gasteiger partial charge in [-0.15, -0.1) is 0 Å². The molecular weight excluding hydrogens is 335 g/mol. The summed E-state index contributed by atoms with van der Waals surface area (Å²) in [5.74, 6) is 0. The van der Waals surface area contributed by atoms with Gasteiger partial charge < -0.3 is 9.16 Å². The molecule has 22 heavy (non-hydrogen) atoms. The molecular formula is C17H26Cl2O2Si. The van der Waals surface area contributed by atoms with Gasteiger partial charge in [0.2, 0.25) is 0 Å². The maximum Gasteiger partial charge on any atom is 0.192 e. The molecule has 1 aliphatic carbocycles. The van der Waals surface area contributed by atoms with Crippen molar-refractivity contribution in [3.63, 3.8) is 0 Å². The summed E-state index contributed by atoms with van der Waals surface area (Å²) in [4.78, 5) is 0. The molecule has 0 atom stereocenters. The minimum absolute atomic E-state index is 0.263. The quantitative estimate of drug-likeness (QED) is 0.593. The monoisotopic (exact) mass is 360 g/mol. The topological polar surface area (TPSA) is 18.5 Å². The second-order valence-corrected chi connectivity index (χ2v) is 13.2. The van der Waals surface area contributed by atoms with Gasteiger partial charge >= 0.3 is 0 Å². The van der Waals surface area contributed by atoms with E-state index in [1.165, 1.54) is 0 Å². The molecule has 2 rings (SSSR count). The zero-order valence-corrected chi connectivity index (χ0v) is 16.6. The summed E-state index contributed by atoms with van der Waals surface area (Å²) >= 11 is 11.9. The fourth-order valence-electron chi connectivity index (χ4n) is 2.19. The fraction of sp³-hybridized carbons (Fsp3) is 0.647. The highest BCUT2D eigenvalue weighted by Crippen LogP contribution is 2.40. The predicted molar refractivity (Wildman–Crippen MR) is 96.3 cm³/mol. The third kappa shape index (κ3) is 4.48. The van der Waals surface area contributed by atoms with Crippen molar-refractivity contribution in [1.82, 2.24) is 0 Å². The molecule has 0 N–H and O–H groups in total. The third-order valence-electron chi connectivity index (χ3n) is 4.79. The predicted octanol–water partition coefficient (Wildman–Crippen LogP) is 6.06. The van der Waals surface area contributed by atoms with Gasteiger partial charge in [0, 0.05) is 6.10 Å². The van der Waals surface area contributed by atoms with Crippen LogP contribution in [0.2, 0.25) is 28.2 Å². The number of hydrogen-bond donors (Lipinski definition) is 0. The Morgan fingerprint density at radius 2 is 1.73 bits per heavy atom. The van der Waals surface area contributed by atoms with Gasteiger partial charge in [-0.25, -0.2) is 0 Å². The fourth-order valence-corrected chi connectivity index (χ4v) is 3.89. The van der Waals surface area contributed by atoms with Crippen molar-refractivity contribution >= 4 is 31.5 Å². The average Bonchev–Trinajstić information content (AvgIpc) is 2.34. The van der Waals surface area contributed by atoms with Crippen molar-refractivity contribution in [3.8, 4) is 0 Å². The van der Waals surface area contributed by atoms with Gasteiger partial charge in [-0.05, 0) is 48.7 Å². The van der Waals surface area contributed by atoms with Gasteiger partial charge in [0.05, 0.1) is 22.8 Å². The minimum Gasteiger partial charge on any atom is -0.414 e. The highest BCUT2D eigenvalue weighted by atomic mass is 35.5. The van der Waals surface area contributed by atoms with Gasteiger partial charge in [0.25, 0.3) is 0 Å². The minimum atomic E-state index is -1.66. The van der Waals surface area contributed by atoms with Crippen LogP contribution >= 0.6 is 23.2 Å². The first-order valence-electron chi connectivity index (χ1n) is 7.82. The van der Waals surface area contributed by atoms with E-state index in [9.17, 15) is 0 Å². The molecule has 124 valence electrons. The first-order chi connectivity index (χ1) is 10.1. The molecule has 1 saturated carbocycles. The Morgan fingerprint density at radius 3 is 2.27 bits per heavy atom. The molecule has 1 aliphatic rings. The zero-order valence-electron chi connectivity index (χ0n) is 14.1. The van der Waals surface area contributed by atoms with Crippen LogP contribution in [0.3, 0.4) is 0 Å². The lowest BCUT2D eigenvalue weighted by Gasteiger charge is -2.44.